The molecule has 3 heteroatoms. The lowest BCUT2D eigenvalue weighted by Crippen LogP contribution is -2.15. The van der Waals surface area contributed by atoms with Crippen LogP contribution in [0.1, 0.15) is 23.4 Å². The van der Waals surface area contributed by atoms with Crippen LogP contribution in [0.2, 0.25) is 0 Å². The Hall–Kier alpha value is -0.380. The zero-order chi connectivity index (χ0) is 9.14. The lowest BCUT2D eigenvalue weighted by atomic mass is 10.2. The van der Waals surface area contributed by atoms with E-state index in [4.69, 9.17) is 5.11 Å². The van der Waals surface area contributed by atoms with E-state index in [-0.39, 0.29) is 6.61 Å². The first kappa shape index (κ1) is 9.71. The summed E-state index contributed by atoms with van der Waals surface area (Å²) in [6.45, 7) is 2.31. The third-order valence-corrected chi connectivity index (χ3v) is 3.19. The second-order valence-electron chi connectivity index (χ2n) is 3.16. The average Bonchev–Trinajstić information content (AvgIpc) is 2.50. The molecule has 2 nitrogen and oxygen atoms in total. The van der Waals surface area contributed by atoms with Gasteiger partial charge in [-0.05, 0) is 38.0 Å². The molecule has 1 unspecified atom stereocenters. The smallest absolute Gasteiger partial charge is 0.0690 e. The van der Waals surface area contributed by atoms with Crippen LogP contribution in [-0.4, -0.2) is 24.1 Å². The van der Waals surface area contributed by atoms with Crippen LogP contribution in [0.3, 0.4) is 0 Å². The largest absolute Gasteiger partial charge is 0.392 e. The number of rotatable bonds is 3. The van der Waals surface area contributed by atoms with E-state index in [1.54, 1.807) is 11.3 Å². The highest BCUT2D eigenvalue weighted by Gasteiger charge is 2.09. The van der Waals surface area contributed by atoms with Crippen molar-refractivity contribution >= 4 is 11.3 Å². The molecule has 1 heterocycles. The Bertz CT molecular complexity index is 244. The second kappa shape index (κ2) is 4.03. The van der Waals surface area contributed by atoms with Crippen molar-refractivity contribution in [2.24, 2.45) is 0 Å². The van der Waals surface area contributed by atoms with Crippen LogP contribution in [-0.2, 0) is 6.61 Å². The van der Waals surface area contributed by atoms with Gasteiger partial charge in [0.15, 0.2) is 0 Å². The van der Waals surface area contributed by atoms with Crippen LogP contribution in [0, 0.1) is 0 Å². The maximum absolute atomic E-state index is 8.86. The van der Waals surface area contributed by atoms with Gasteiger partial charge in [0.2, 0.25) is 0 Å². The molecule has 0 radical (unpaired) electrons. The normalized spacial score (nSPS) is 13.8. The zero-order valence-corrected chi connectivity index (χ0v) is 8.56. The van der Waals surface area contributed by atoms with E-state index in [0.717, 1.165) is 5.56 Å². The molecular formula is C9H15NOS. The first-order valence-electron chi connectivity index (χ1n) is 3.99. The molecule has 1 rings (SSSR count). The molecule has 1 N–H and O–H groups in total. The highest BCUT2D eigenvalue weighted by molar-refractivity contribution is 7.10. The predicted octanol–water partition coefficient (Wildman–Crippen LogP) is 1.86. The van der Waals surface area contributed by atoms with Crippen LogP contribution in [0.5, 0.6) is 0 Å². The maximum Gasteiger partial charge on any atom is 0.0690 e. The number of hydrogen-bond donors (Lipinski definition) is 1. The second-order valence-corrected chi connectivity index (χ2v) is 4.10. The molecule has 0 aliphatic heterocycles. The van der Waals surface area contributed by atoms with E-state index in [1.807, 2.05) is 5.38 Å². The molecule has 0 saturated carbocycles. The lowest BCUT2D eigenvalue weighted by molar-refractivity contribution is 0.281. The first-order chi connectivity index (χ1) is 5.65. The summed E-state index contributed by atoms with van der Waals surface area (Å²) in [5.41, 5.74) is 1.02. The molecule has 0 spiro atoms. The molecule has 1 atom stereocenters. The summed E-state index contributed by atoms with van der Waals surface area (Å²) in [6.07, 6.45) is 0. The minimum atomic E-state index is 0.149. The standard InChI is InChI=1S/C9H15NOS/c1-7(10(2)3)9-4-8(5-11)6-12-9/h4,6-7,11H,5H2,1-3H3. The topological polar surface area (TPSA) is 23.5 Å². The van der Waals surface area contributed by atoms with E-state index in [9.17, 15) is 0 Å². The van der Waals surface area contributed by atoms with E-state index < -0.39 is 0 Å². The summed E-state index contributed by atoms with van der Waals surface area (Å²) in [5.74, 6) is 0. The van der Waals surface area contributed by atoms with E-state index in [0.29, 0.717) is 6.04 Å². The Balaban J connectivity index is 2.74. The molecule has 1 aromatic heterocycles. The van der Waals surface area contributed by atoms with Gasteiger partial charge in [0.05, 0.1) is 6.61 Å². The molecule has 0 aliphatic rings. The van der Waals surface area contributed by atoms with Gasteiger partial charge in [-0.15, -0.1) is 11.3 Å². The van der Waals surface area contributed by atoms with Gasteiger partial charge in [-0.2, -0.15) is 0 Å². The maximum atomic E-state index is 8.86. The number of aliphatic hydroxyl groups excluding tert-OH is 1. The van der Waals surface area contributed by atoms with Crippen LogP contribution in [0.4, 0.5) is 0 Å². The lowest BCUT2D eigenvalue weighted by Gasteiger charge is -2.17. The first-order valence-corrected chi connectivity index (χ1v) is 4.87. The molecule has 68 valence electrons. The van der Waals surface area contributed by atoms with E-state index >= 15 is 0 Å². The number of hydrogen-bond acceptors (Lipinski definition) is 3. The third-order valence-electron chi connectivity index (χ3n) is 2.04. The molecule has 12 heavy (non-hydrogen) atoms. The van der Waals surface area contributed by atoms with Crippen molar-refractivity contribution < 1.29 is 5.11 Å². The minimum absolute atomic E-state index is 0.149. The van der Waals surface area contributed by atoms with Gasteiger partial charge in [-0.3, -0.25) is 0 Å². The van der Waals surface area contributed by atoms with Crippen molar-refractivity contribution in [3.05, 3.63) is 21.9 Å². The fourth-order valence-electron chi connectivity index (χ4n) is 0.951. The van der Waals surface area contributed by atoms with Gasteiger partial charge in [-0.1, -0.05) is 0 Å². The molecule has 0 aromatic carbocycles. The molecule has 0 fully saturated rings. The van der Waals surface area contributed by atoms with E-state index in [1.165, 1.54) is 4.88 Å². The zero-order valence-electron chi connectivity index (χ0n) is 7.74. The summed E-state index contributed by atoms with van der Waals surface area (Å²) in [6, 6.07) is 2.50. The quantitative estimate of drug-likeness (QED) is 0.777. The summed E-state index contributed by atoms with van der Waals surface area (Å²) in [4.78, 5) is 3.47. The Morgan fingerprint density at radius 3 is 2.67 bits per heavy atom. The van der Waals surface area contributed by atoms with Gasteiger partial charge in [0, 0.05) is 10.9 Å². The van der Waals surface area contributed by atoms with E-state index in [2.05, 4.69) is 32.0 Å². The van der Waals surface area contributed by atoms with Crippen molar-refractivity contribution in [1.82, 2.24) is 4.90 Å². The minimum Gasteiger partial charge on any atom is -0.392 e. The Morgan fingerprint density at radius 1 is 1.58 bits per heavy atom. The number of thiophene rings is 1. The van der Waals surface area contributed by atoms with Crippen molar-refractivity contribution in [2.75, 3.05) is 14.1 Å². The summed E-state index contributed by atoms with van der Waals surface area (Å²) in [7, 11) is 4.12. The molecule has 0 aliphatic carbocycles. The molecule has 0 amide bonds. The Labute approximate surface area is 77.5 Å². The summed E-state index contributed by atoms with van der Waals surface area (Å²) >= 11 is 1.71. The summed E-state index contributed by atoms with van der Waals surface area (Å²) in [5, 5.41) is 10.9. The van der Waals surface area contributed by atoms with Gasteiger partial charge in [-0.25, -0.2) is 0 Å². The van der Waals surface area contributed by atoms with Crippen molar-refractivity contribution in [3.8, 4) is 0 Å². The highest BCUT2D eigenvalue weighted by atomic mass is 32.1. The average molecular weight is 185 g/mol. The molecule has 0 bridgehead atoms. The van der Waals surface area contributed by atoms with Crippen molar-refractivity contribution in [3.63, 3.8) is 0 Å². The fourth-order valence-corrected chi connectivity index (χ4v) is 2.01. The van der Waals surface area contributed by atoms with Crippen LogP contribution >= 0.6 is 11.3 Å². The fraction of sp³-hybridized carbons (Fsp3) is 0.556. The Kier molecular flexibility index (Phi) is 3.26. The molecule has 0 saturated heterocycles. The highest BCUT2D eigenvalue weighted by Crippen LogP contribution is 2.24. The van der Waals surface area contributed by atoms with Crippen LogP contribution in [0.25, 0.3) is 0 Å². The summed E-state index contributed by atoms with van der Waals surface area (Å²) < 4.78 is 0. The van der Waals surface area contributed by atoms with Gasteiger partial charge < -0.3 is 10.0 Å². The number of nitrogens with zero attached hydrogens (tertiary/aromatic N) is 1. The monoisotopic (exact) mass is 185 g/mol. The molecule has 1 aromatic rings. The SMILES string of the molecule is CC(c1cc(CO)cs1)N(C)C. The van der Waals surface area contributed by atoms with Crippen LogP contribution < -0.4 is 0 Å². The predicted molar refractivity (Wildman–Crippen MR) is 52.3 cm³/mol. The van der Waals surface area contributed by atoms with Crippen molar-refractivity contribution in [2.45, 2.75) is 19.6 Å². The van der Waals surface area contributed by atoms with Gasteiger partial charge in [0.25, 0.3) is 0 Å². The number of aliphatic hydroxyl groups is 1. The van der Waals surface area contributed by atoms with Crippen LogP contribution in [0.15, 0.2) is 11.4 Å². The Morgan fingerprint density at radius 2 is 2.25 bits per heavy atom. The van der Waals surface area contributed by atoms with Gasteiger partial charge in [0.1, 0.15) is 0 Å². The molecular weight excluding hydrogens is 170 g/mol. The third kappa shape index (κ3) is 2.06. The van der Waals surface area contributed by atoms with Crippen molar-refractivity contribution in [1.29, 1.82) is 0 Å². The van der Waals surface area contributed by atoms with Gasteiger partial charge >= 0.3 is 0 Å².